The summed E-state index contributed by atoms with van der Waals surface area (Å²) in [5, 5.41) is 3.02. The number of ether oxygens (including phenoxy) is 1. The Morgan fingerprint density at radius 3 is 2.41 bits per heavy atom. The molecule has 0 aliphatic heterocycles. The second-order valence-electron chi connectivity index (χ2n) is 5.44. The molecule has 0 heterocycles. The lowest BCUT2D eigenvalue weighted by Gasteiger charge is -2.42. The van der Waals surface area contributed by atoms with Crippen molar-refractivity contribution in [2.45, 2.75) is 44.1 Å². The van der Waals surface area contributed by atoms with Crippen molar-refractivity contribution in [1.82, 2.24) is 5.32 Å². The largest absolute Gasteiger partial charge is 0.385 e. The molecule has 0 atom stereocenters. The van der Waals surface area contributed by atoms with Gasteiger partial charge in [-0.25, -0.2) is 0 Å². The minimum absolute atomic E-state index is 0. The van der Waals surface area contributed by atoms with Crippen molar-refractivity contribution in [1.29, 1.82) is 0 Å². The van der Waals surface area contributed by atoms with Gasteiger partial charge < -0.3 is 15.8 Å². The van der Waals surface area contributed by atoms with Gasteiger partial charge in [-0.3, -0.25) is 4.79 Å². The van der Waals surface area contributed by atoms with Gasteiger partial charge in [0, 0.05) is 20.3 Å². The predicted octanol–water partition coefficient (Wildman–Crippen LogP) is 1.22. The van der Waals surface area contributed by atoms with Gasteiger partial charge in [-0.2, -0.15) is 0 Å². The summed E-state index contributed by atoms with van der Waals surface area (Å²) in [6, 6.07) is 0. The van der Waals surface area contributed by atoms with Gasteiger partial charge in [0.2, 0.25) is 5.91 Å². The lowest BCUT2D eigenvalue weighted by Crippen LogP contribution is -2.49. The zero-order chi connectivity index (χ0) is 11.6. The van der Waals surface area contributed by atoms with Crippen LogP contribution in [0.15, 0.2) is 0 Å². The maximum absolute atomic E-state index is 11.7. The molecule has 0 aromatic heterocycles. The third-order valence-corrected chi connectivity index (χ3v) is 4.12. The van der Waals surface area contributed by atoms with Crippen LogP contribution in [0.4, 0.5) is 0 Å². The summed E-state index contributed by atoms with van der Waals surface area (Å²) < 4.78 is 5.12. The van der Waals surface area contributed by atoms with E-state index >= 15 is 0 Å². The van der Waals surface area contributed by atoms with Crippen LogP contribution in [0.1, 0.15) is 38.5 Å². The van der Waals surface area contributed by atoms with Crippen molar-refractivity contribution in [3.05, 3.63) is 0 Å². The van der Waals surface area contributed by atoms with Crippen molar-refractivity contribution in [2.75, 3.05) is 20.3 Å². The summed E-state index contributed by atoms with van der Waals surface area (Å²) in [6.07, 6.45) is 6.39. The third-order valence-electron chi connectivity index (χ3n) is 4.12. The summed E-state index contributed by atoms with van der Waals surface area (Å²) in [5.74, 6) is 0.0381. The second kappa shape index (κ2) is 5.55. The van der Waals surface area contributed by atoms with Gasteiger partial charge in [0.15, 0.2) is 0 Å². The standard InChI is InChI=1S/C12H22N2O2.ClH/c1-16-8-7-11(3-2-4-11)9-14-10(15)12(13)5-6-12;/h2-9,13H2,1H3,(H,14,15);1H. The highest BCUT2D eigenvalue weighted by Gasteiger charge is 2.47. The van der Waals surface area contributed by atoms with Crippen molar-refractivity contribution in [3.63, 3.8) is 0 Å². The molecule has 4 nitrogen and oxygen atoms in total. The Morgan fingerprint density at radius 2 is 2.00 bits per heavy atom. The van der Waals surface area contributed by atoms with Crippen molar-refractivity contribution in [2.24, 2.45) is 11.1 Å². The Labute approximate surface area is 109 Å². The predicted molar refractivity (Wildman–Crippen MR) is 69.2 cm³/mol. The van der Waals surface area contributed by atoms with E-state index in [0.717, 1.165) is 32.4 Å². The van der Waals surface area contributed by atoms with Crippen LogP contribution in [0.3, 0.4) is 0 Å². The fourth-order valence-electron chi connectivity index (χ4n) is 2.32. The lowest BCUT2D eigenvalue weighted by molar-refractivity contribution is -0.124. The molecule has 17 heavy (non-hydrogen) atoms. The first-order valence-corrected chi connectivity index (χ1v) is 6.16. The smallest absolute Gasteiger partial charge is 0.240 e. The lowest BCUT2D eigenvalue weighted by atomic mass is 9.66. The second-order valence-corrected chi connectivity index (χ2v) is 5.44. The van der Waals surface area contributed by atoms with Crippen molar-refractivity contribution in [3.8, 4) is 0 Å². The van der Waals surface area contributed by atoms with Crippen LogP contribution in [0.25, 0.3) is 0 Å². The van der Waals surface area contributed by atoms with E-state index in [-0.39, 0.29) is 23.7 Å². The first kappa shape index (κ1) is 14.7. The molecule has 0 radical (unpaired) electrons. The molecule has 0 bridgehead atoms. The van der Waals surface area contributed by atoms with Crippen LogP contribution in [-0.2, 0) is 9.53 Å². The Hall–Kier alpha value is -0.320. The maximum Gasteiger partial charge on any atom is 0.240 e. The number of nitrogens with one attached hydrogen (secondary N) is 1. The van der Waals surface area contributed by atoms with Gasteiger partial charge in [0.25, 0.3) is 0 Å². The highest BCUT2D eigenvalue weighted by Crippen LogP contribution is 2.43. The summed E-state index contributed by atoms with van der Waals surface area (Å²) in [7, 11) is 1.73. The molecular formula is C12H23ClN2O2. The van der Waals surface area contributed by atoms with Crippen LogP contribution in [-0.4, -0.2) is 31.7 Å². The van der Waals surface area contributed by atoms with Crippen LogP contribution in [0, 0.1) is 5.41 Å². The molecule has 0 unspecified atom stereocenters. The molecule has 0 aromatic rings. The minimum atomic E-state index is -0.536. The Morgan fingerprint density at radius 1 is 1.35 bits per heavy atom. The van der Waals surface area contributed by atoms with E-state index in [2.05, 4.69) is 5.32 Å². The van der Waals surface area contributed by atoms with E-state index in [1.54, 1.807) is 7.11 Å². The van der Waals surface area contributed by atoms with E-state index < -0.39 is 5.54 Å². The monoisotopic (exact) mass is 262 g/mol. The van der Waals surface area contributed by atoms with Gasteiger partial charge in [0.05, 0.1) is 5.54 Å². The first-order chi connectivity index (χ1) is 7.60. The molecule has 0 aromatic carbocycles. The number of rotatable bonds is 6. The average molecular weight is 263 g/mol. The van der Waals surface area contributed by atoms with Crippen molar-refractivity contribution < 1.29 is 9.53 Å². The summed E-state index contributed by atoms with van der Waals surface area (Å²) >= 11 is 0. The number of amides is 1. The molecule has 2 fully saturated rings. The fourth-order valence-corrected chi connectivity index (χ4v) is 2.32. The number of hydrogen-bond acceptors (Lipinski definition) is 3. The Bertz CT molecular complexity index is 276. The molecule has 0 spiro atoms. The Balaban J connectivity index is 0.00000144. The quantitative estimate of drug-likeness (QED) is 0.757. The molecule has 2 rings (SSSR count). The number of methoxy groups -OCH3 is 1. The highest BCUT2D eigenvalue weighted by molar-refractivity contribution is 5.89. The Kier molecular flexibility index (Phi) is 4.81. The summed E-state index contributed by atoms with van der Waals surface area (Å²) in [6.45, 7) is 1.55. The fraction of sp³-hybridized carbons (Fsp3) is 0.917. The third kappa shape index (κ3) is 3.33. The van der Waals surface area contributed by atoms with Gasteiger partial charge in [-0.1, -0.05) is 6.42 Å². The molecule has 100 valence electrons. The van der Waals surface area contributed by atoms with Gasteiger partial charge in [-0.15, -0.1) is 12.4 Å². The molecule has 1 amide bonds. The topological polar surface area (TPSA) is 64.3 Å². The maximum atomic E-state index is 11.7. The van der Waals surface area contributed by atoms with E-state index in [1.807, 2.05) is 0 Å². The molecule has 5 heteroatoms. The van der Waals surface area contributed by atoms with E-state index in [0.29, 0.717) is 0 Å². The molecule has 0 saturated heterocycles. The highest BCUT2D eigenvalue weighted by atomic mass is 35.5. The van der Waals surface area contributed by atoms with Crippen molar-refractivity contribution >= 4 is 18.3 Å². The van der Waals surface area contributed by atoms with Crippen LogP contribution in [0.5, 0.6) is 0 Å². The number of carbonyl (C=O) groups excluding carboxylic acids is 1. The van der Waals surface area contributed by atoms with Gasteiger partial charge >= 0.3 is 0 Å². The molecule has 2 saturated carbocycles. The molecule has 2 aliphatic rings. The van der Waals surface area contributed by atoms with Crippen LogP contribution in [0.2, 0.25) is 0 Å². The van der Waals surface area contributed by atoms with Crippen LogP contribution < -0.4 is 11.1 Å². The number of carbonyl (C=O) groups is 1. The first-order valence-electron chi connectivity index (χ1n) is 6.16. The minimum Gasteiger partial charge on any atom is -0.385 e. The van der Waals surface area contributed by atoms with E-state index in [1.165, 1.54) is 19.3 Å². The van der Waals surface area contributed by atoms with E-state index in [9.17, 15) is 4.79 Å². The molecule has 3 N–H and O–H groups in total. The zero-order valence-corrected chi connectivity index (χ0v) is 11.3. The SMILES string of the molecule is COCCC1(CNC(=O)C2(N)CC2)CCC1.Cl. The number of nitrogens with two attached hydrogens (primary N) is 1. The summed E-state index contributed by atoms with van der Waals surface area (Å²) in [5.41, 5.74) is 5.60. The zero-order valence-electron chi connectivity index (χ0n) is 10.5. The normalized spacial score (nSPS) is 23.2. The van der Waals surface area contributed by atoms with E-state index in [4.69, 9.17) is 10.5 Å². The number of halogens is 1. The average Bonchev–Trinajstić information content (AvgIpc) is 2.95. The number of hydrogen-bond donors (Lipinski definition) is 2. The van der Waals surface area contributed by atoms with Crippen LogP contribution >= 0.6 is 12.4 Å². The van der Waals surface area contributed by atoms with Gasteiger partial charge in [0.1, 0.15) is 0 Å². The summed E-state index contributed by atoms with van der Waals surface area (Å²) in [4.78, 5) is 11.7. The molecule has 2 aliphatic carbocycles. The van der Waals surface area contributed by atoms with Gasteiger partial charge in [-0.05, 0) is 37.5 Å². The molecular weight excluding hydrogens is 240 g/mol.